The highest BCUT2D eigenvalue weighted by Crippen LogP contribution is 2.21. The summed E-state index contributed by atoms with van der Waals surface area (Å²) in [6.45, 7) is 7.19. The van der Waals surface area contributed by atoms with Gasteiger partial charge in [-0.25, -0.2) is 12.7 Å². The minimum atomic E-state index is -3.03. The van der Waals surface area contributed by atoms with Gasteiger partial charge in [0, 0.05) is 19.1 Å². The van der Waals surface area contributed by atoms with E-state index in [0.717, 1.165) is 12.8 Å². The van der Waals surface area contributed by atoms with Crippen molar-refractivity contribution >= 4 is 10.0 Å². The van der Waals surface area contributed by atoms with Crippen LogP contribution < -0.4 is 5.73 Å². The van der Waals surface area contributed by atoms with E-state index in [2.05, 4.69) is 0 Å². The summed E-state index contributed by atoms with van der Waals surface area (Å²) >= 11 is 0. The van der Waals surface area contributed by atoms with Gasteiger partial charge in [0.15, 0.2) is 0 Å². The van der Waals surface area contributed by atoms with Gasteiger partial charge < -0.3 is 5.73 Å². The van der Waals surface area contributed by atoms with Gasteiger partial charge in [0.25, 0.3) is 0 Å². The van der Waals surface area contributed by atoms with Crippen molar-refractivity contribution < 1.29 is 8.42 Å². The van der Waals surface area contributed by atoms with Crippen LogP contribution in [0.15, 0.2) is 0 Å². The topological polar surface area (TPSA) is 63.4 Å². The van der Waals surface area contributed by atoms with Crippen molar-refractivity contribution in [2.75, 3.05) is 18.8 Å². The van der Waals surface area contributed by atoms with E-state index >= 15 is 0 Å². The number of rotatable bonds is 2. The molecule has 0 aromatic heterocycles. The SMILES string of the molecule is CC(C)(C)[C@H](N)CN1CCCCS1(=O)=O. The van der Waals surface area contributed by atoms with E-state index in [-0.39, 0.29) is 17.2 Å². The molecule has 5 heteroatoms. The Kier molecular flexibility index (Phi) is 3.79. The highest BCUT2D eigenvalue weighted by Gasteiger charge is 2.30. The maximum atomic E-state index is 11.7. The lowest BCUT2D eigenvalue weighted by Crippen LogP contribution is -2.49. The largest absolute Gasteiger partial charge is 0.326 e. The van der Waals surface area contributed by atoms with Crippen molar-refractivity contribution in [3.05, 3.63) is 0 Å². The van der Waals surface area contributed by atoms with E-state index in [1.54, 1.807) is 4.31 Å². The van der Waals surface area contributed by atoms with Crippen LogP contribution >= 0.6 is 0 Å². The third kappa shape index (κ3) is 3.43. The van der Waals surface area contributed by atoms with Crippen LogP contribution in [0.2, 0.25) is 0 Å². The third-order valence-corrected chi connectivity index (χ3v) is 4.89. The van der Waals surface area contributed by atoms with Crippen LogP contribution in [0.3, 0.4) is 0 Å². The Morgan fingerprint density at radius 1 is 1.33 bits per heavy atom. The summed E-state index contributed by atoms with van der Waals surface area (Å²) in [5.41, 5.74) is 5.95. The Hall–Kier alpha value is -0.130. The molecule has 1 atom stereocenters. The number of hydrogen-bond acceptors (Lipinski definition) is 3. The lowest BCUT2D eigenvalue weighted by molar-refractivity contribution is 0.258. The van der Waals surface area contributed by atoms with E-state index in [4.69, 9.17) is 5.73 Å². The second-order valence-corrected chi connectivity index (χ2v) is 7.44. The van der Waals surface area contributed by atoms with Crippen molar-refractivity contribution in [3.63, 3.8) is 0 Å². The smallest absolute Gasteiger partial charge is 0.214 e. The summed E-state index contributed by atoms with van der Waals surface area (Å²) in [5.74, 6) is 0.282. The average molecular weight is 234 g/mol. The molecule has 15 heavy (non-hydrogen) atoms. The summed E-state index contributed by atoms with van der Waals surface area (Å²) < 4.78 is 25.0. The first-order valence-corrected chi connectivity index (χ1v) is 7.08. The molecule has 1 aliphatic heterocycles. The molecule has 4 nitrogen and oxygen atoms in total. The highest BCUT2D eigenvalue weighted by molar-refractivity contribution is 7.89. The van der Waals surface area contributed by atoms with Crippen LogP contribution in [0.1, 0.15) is 33.6 Å². The fourth-order valence-corrected chi connectivity index (χ4v) is 3.16. The molecular formula is C10H22N2O2S. The van der Waals surface area contributed by atoms with Gasteiger partial charge in [0.2, 0.25) is 10.0 Å². The number of sulfonamides is 1. The summed E-state index contributed by atoms with van der Waals surface area (Å²) in [6.07, 6.45) is 1.74. The average Bonchev–Trinajstić information content (AvgIpc) is 2.06. The number of nitrogens with two attached hydrogens (primary N) is 1. The Morgan fingerprint density at radius 3 is 2.40 bits per heavy atom. The molecule has 1 aliphatic rings. The predicted molar refractivity (Wildman–Crippen MR) is 62.0 cm³/mol. The molecule has 0 aromatic rings. The lowest BCUT2D eigenvalue weighted by Gasteiger charge is -2.34. The molecule has 90 valence electrons. The monoisotopic (exact) mass is 234 g/mol. The second-order valence-electron chi connectivity index (χ2n) is 5.35. The molecule has 0 bridgehead atoms. The van der Waals surface area contributed by atoms with Gasteiger partial charge in [-0.1, -0.05) is 20.8 Å². The first kappa shape index (κ1) is 12.9. The Balaban J connectivity index is 2.65. The van der Waals surface area contributed by atoms with E-state index in [9.17, 15) is 8.42 Å². The van der Waals surface area contributed by atoms with Crippen LogP contribution in [0.5, 0.6) is 0 Å². The van der Waals surface area contributed by atoms with Crippen molar-refractivity contribution in [2.45, 2.75) is 39.7 Å². The fourth-order valence-electron chi connectivity index (χ4n) is 1.54. The van der Waals surface area contributed by atoms with Crippen molar-refractivity contribution in [2.24, 2.45) is 11.1 Å². The molecule has 0 radical (unpaired) electrons. The maximum absolute atomic E-state index is 11.7. The Bertz CT molecular complexity index is 306. The van der Waals surface area contributed by atoms with E-state index in [1.807, 2.05) is 20.8 Å². The van der Waals surface area contributed by atoms with Gasteiger partial charge >= 0.3 is 0 Å². The molecule has 0 aromatic carbocycles. The van der Waals surface area contributed by atoms with Gasteiger partial charge in [-0.2, -0.15) is 0 Å². The molecule has 1 heterocycles. The Morgan fingerprint density at radius 2 is 1.93 bits per heavy atom. The Labute approximate surface area is 92.9 Å². The summed E-state index contributed by atoms with van der Waals surface area (Å²) in [6, 6.07) is -0.106. The zero-order valence-corrected chi connectivity index (χ0v) is 10.7. The van der Waals surface area contributed by atoms with E-state index in [0.29, 0.717) is 13.1 Å². The molecule has 0 amide bonds. The second kappa shape index (κ2) is 4.39. The van der Waals surface area contributed by atoms with E-state index in [1.165, 1.54) is 0 Å². The quantitative estimate of drug-likeness (QED) is 0.768. The molecule has 0 unspecified atom stereocenters. The van der Waals surface area contributed by atoms with Gasteiger partial charge in [-0.05, 0) is 18.3 Å². The zero-order chi connectivity index (χ0) is 11.7. The first-order chi connectivity index (χ1) is 6.73. The highest BCUT2D eigenvalue weighted by atomic mass is 32.2. The van der Waals surface area contributed by atoms with E-state index < -0.39 is 10.0 Å². The van der Waals surface area contributed by atoms with Crippen molar-refractivity contribution in [1.29, 1.82) is 0 Å². The van der Waals surface area contributed by atoms with Crippen molar-refractivity contribution in [1.82, 2.24) is 4.31 Å². The third-order valence-electron chi connectivity index (χ3n) is 2.97. The van der Waals surface area contributed by atoms with Gasteiger partial charge in [0.1, 0.15) is 0 Å². The van der Waals surface area contributed by atoms with Crippen LogP contribution in [0.25, 0.3) is 0 Å². The van der Waals surface area contributed by atoms with Gasteiger partial charge in [0.05, 0.1) is 5.75 Å². The zero-order valence-electron chi connectivity index (χ0n) is 9.86. The molecule has 0 saturated carbocycles. The molecule has 1 fully saturated rings. The lowest BCUT2D eigenvalue weighted by atomic mass is 9.87. The van der Waals surface area contributed by atoms with Crippen LogP contribution in [0, 0.1) is 5.41 Å². The molecule has 1 rings (SSSR count). The minimum absolute atomic E-state index is 0.0486. The maximum Gasteiger partial charge on any atom is 0.214 e. The normalized spacial score (nSPS) is 25.1. The standard InChI is InChI=1S/C10H22N2O2S/c1-10(2,3)9(11)8-12-6-4-5-7-15(12,13)14/h9H,4-8,11H2,1-3H3/t9-/m1/s1. The van der Waals surface area contributed by atoms with Gasteiger partial charge in [-0.15, -0.1) is 0 Å². The van der Waals surface area contributed by atoms with Crippen LogP contribution in [-0.4, -0.2) is 37.6 Å². The molecule has 2 N–H and O–H groups in total. The number of nitrogens with zero attached hydrogens (tertiary/aromatic N) is 1. The minimum Gasteiger partial charge on any atom is -0.326 e. The fraction of sp³-hybridized carbons (Fsp3) is 1.00. The first-order valence-electron chi connectivity index (χ1n) is 5.47. The van der Waals surface area contributed by atoms with Crippen LogP contribution in [0.4, 0.5) is 0 Å². The summed E-state index contributed by atoms with van der Waals surface area (Å²) in [4.78, 5) is 0. The summed E-state index contributed by atoms with van der Waals surface area (Å²) in [7, 11) is -3.03. The molecule has 0 spiro atoms. The van der Waals surface area contributed by atoms with Gasteiger partial charge in [-0.3, -0.25) is 0 Å². The molecular weight excluding hydrogens is 212 g/mol. The number of hydrogen-bond donors (Lipinski definition) is 1. The van der Waals surface area contributed by atoms with Crippen LogP contribution in [-0.2, 0) is 10.0 Å². The summed E-state index contributed by atoms with van der Waals surface area (Å²) in [5, 5.41) is 0. The molecule has 1 saturated heterocycles. The van der Waals surface area contributed by atoms with Crippen molar-refractivity contribution in [3.8, 4) is 0 Å². The molecule has 0 aliphatic carbocycles. The predicted octanol–water partition coefficient (Wildman–Crippen LogP) is 0.785.